The molecule has 8 nitrogen and oxygen atoms in total. The van der Waals surface area contributed by atoms with Crippen LogP contribution in [0.5, 0.6) is 0 Å². The SMILES string of the molecule is COC(=O)C1(F)C(=O)NC(=O)NC1OC(C)=O. The number of alkyl halides is 1. The Morgan fingerprint density at radius 1 is 1.41 bits per heavy atom. The second-order valence-electron chi connectivity index (χ2n) is 3.12. The van der Waals surface area contributed by atoms with Crippen LogP contribution >= 0.6 is 0 Å². The Kier molecular flexibility index (Phi) is 3.30. The van der Waals surface area contributed by atoms with Crippen LogP contribution < -0.4 is 10.6 Å². The minimum Gasteiger partial charge on any atom is -0.466 e. The predicted molar refractivity (Wildman–Crippen MR) is 48.1 cm³/mol. The molecule has 2 atom stereocenters. The van der Waals surface area contributed by atoms with Crippen molar-refractivity contribution < 1.29 is 33.0 Å². The minimum atomic E-state index is -3.31. The second-order valence-corrected chi connectivity index (χ2v) is 3.12. The highest BCUT2D eigenvalue weighted by Gasteiger charge is 2.60. The van der Waals surface area contributed by atoms with Gasteiger partial charge in [-0.25, -0.2) is 14.0 Å². The van der Waals surface area contributed by atoms with E-state index in [1.165, 1.54) is 5.32 Å². The van der Waals surface area contributed by atoms with Gasteiger partial charge in [-0.1, -0.05) is 0 Å². The third-order valence-electron chi connectivity index (χ3n) is 1.95. The number of amides is 3. The molecule has 94 valence electrons. The Balaban J connectivity index is 3.09. The third-order valence-corrected chi connectivity index (χ3v) is 1.95. The van der Waals surface area contributed by atoms with Crippen molar-refractivity contribution in [3.8, 4) is 0 Å². The lowest BCUT2D eigenvalue weighted by molar-refractivity contribution is -0.180. The van der Waals surface area contributed by atoms with Crippen molar-refractivity contribution in [2.45, 2.75) is 18.8 Å². The van der Waals surface area contributed by atoms with Crippen LogP contribution in [0.3, 0.4) is 0 Å². The number of hydrogen-bond acceptors (Lipinski definition) is 6. The van der Waals surface area contributed by atoms with E-state index >= 15 is 0 Å². The number of halogens is 1. The van der Waals surface area contributed by atoms with Crippen molar-refractivity contribution in [1.82, 2.24) is 10.6 Å². The molecule has 2 N–H and O–H groups in total. The molecule has 1 aliphatic heterocycles. The standard InChI is InChI=1S/C8H9FN2O6/c1-3(12)17-5-8(9,6(14)16-2)4(13)10-7(15)11-5/h5H,1-2H3,(H2,10,11,13,15). The van der Waals surface area contributed by atoms with E-state index in [9.17, 15) is 23.6 Å². The maximum absolute atomic E-state index is 14.2. The monoisotopic (exact) mass is 248 g/mol. The Hall–Kier alpha value is -2.19. The highest BCUT2D eigenvalue weighted by molar-refractivity contribution is 6.14. The predicted octanol–water partition coefficient (Wildman–Crippen LogP) is -1.40. The first kappa shape index (κ1) is 12.9. The number of hydrogen-bond donors (Lipinski definition) is 2. The number of nitrogens with one attached hydrogen (secondary N) is 2. The van der Waals surface area contributed by atoms with E-state index in [1.54, 1.807) is 5.32 Å². The van der Waals surface area contributed by atoms with Crippen LogP contribution in [-0.4, -0.2) is 42.9 Å². The Bertz CT molecular complexity index is 395. The van der Waals surface area contributed by atoms with Gasteiger partial charge in [-0.3, -0.25) is 20.2 Å². The average molecular weight is 248 g/mol. The van der Waals surface area contributed by atoms with Gasteiger partial charge in [0.25, 0.3) is 5.91 Å². The van der Waals surface area contributed by atoms with Gasteiger partial charge >= 0.3 is 23.6 Å². The Labute approximate surface area is 94.4 Å². The summed E-state index contributed by atoms with van der Waals surface area (Å²) in [7, 11) is 0.845. The van der Waals surface area contributed by atoms with Gasteiger partial charge in [0.15, 0.2) is 0 Å². The molecule has 2 unspecified atom stereocenters. The van der Waals surface area contributed by atoms with Crippen molar-refractivity contribution in [1.29, 1.82) is 0 Å². The third kappa shape index (κ3) is 2.17. The van der Waals surface area contributed by atoms with Crippen LogP contribution in [0.1, 0.15) is 6.92 Å². The number of carbonyl (C=O) groups excluding carboxylic acids is 4. The summed E-state index contributed by atoms with van der Waals surface area (Å²) in [6, 6.07) is -1.08. The molecule has 0 aromatic rings. The molecule has 0 spiro atoms. The molecular weight excluding hydrogens is 239 g/mol. The van der Waals surface area contributed by atoms with Crippen LogP contribution in [0.2, 0.25) is 0 Å². The maximum Gasteiger partial charge on any atom is 0.359 e. The van der Waals surface area contributed by atoms with Gasteiger partial charge in [-0.15, -0.1) is 0 Å². The fourth-order valence-corrected chi connectivity index (χ4v) is 1.19. The lowest BCUT2D eigenvalue weighted by Gasteiger charge is -2.33. The van der Waals surface area contributed by atoms with E-state index < -0.39 is 35.8 Å². The first-order valence-electron chi connectivity index (χ1n) is 4.39. The van der Waals surface area contributed by atoms with Crippen molar-refractivity contribution in [2.24, 2.45) is 0 Å². The number of methoxy groups -OCH3 is 1. The summed E-state index contributed by atoms with van der Waals surface area (Å²) in [5.74, 6) is -4.11. The fraction of sp³-hybridized carbons (Fsp3) is 0.500. The zero-order valence-electron chi connectivity index (χ0n) is 8.90. The van der Waals surface area contributed by atoms with Gasteiger partial charge in [-0.05, 0) is 0 Å². The zero-order valence-corrected chi connectivity index (χ0v) is 8.90. The fourth-order valence-electron chi connectivity index (χ4n) is 1.19. The van der Waals surface area contributed by atoms with Gasteiger partial charge in [0.1, 0.15) is 0 Å². The quantitative estimate of drug-likeness (QED) is 0.459. The molecule has 1 rings (SSSR count). The molecular formula is C8H9FN2O6. The van der Waals surface area contributed by atoms with Gasteiger partial charge in [-0.2, -0.15) is 0 Å². The Morgan fingerprint density at radius 2 is 2.00 bits per heavy atom. The second kappa shape index (κ2) is 4.36. The molecule has 0 radical (unpaired) electrons. The molecule has 0 aromatic carbocycles. The van der Waals surface area contributed by atoms with Gasteiger partial charge < -0.3 is 9.47 Å². The van der Waals surface area contributed by atoms with E-state index in [2.05, 4.69) is 9.47 Å². The number of imide groups is 1. The highest BCUT2D eigenvalue weighted by atomic mass is 19.1. The first-order valence-corrected chi connectivity index (χ1v) is 4.39. The first-order chi connectivity index (χ1) is 7.82. The number of esters is 2. The lowest BCUT2D eigenvalue weighted by Crippen LogP contribution is -2.71. The molecule has 0 bridgehead atoms. The summed E-state index contributed by atoms with van der Waals surface area (Å²) in [6.07, 6.45) is -2.06. The van der Waals surface area contributed by atoms with Gasteiger partial charge in [0.2, 0.25) is 6.23 Å². The van der Waals surface area contributed by atoms with E-state index in [0.29, 0.717) is 0 Å². The Morgan fingerprint density at radius 3 is 2.47 bits per heavy atom. The van der Waals surface area contributed by atoms with Gasteiger partial charge in [0, 0.05) is 6.92 Å². The van der Waals surface area contributed by atoms with Crippen LogP contribution in [0, 0.1) is 0 Å². The summed E-state index contributed by atoms with van der Waals surface area (Å²) in [4.78, 5) is 44.1. The normalized spacial score (nSPS) is 27.8. The van der Waals surface area contributed by atoms with Crippen LogP contribution in [0.4, 0.5) is 9.18 Å². The van der Waals surface area contributed by atoms with Crippen molar-refractivity contribution in [3.05, 3.63) is 0 Å². The van der Waals surface area contributed by atoms with E-state index in [4.69, 9.17) is 0 Å². The van der Waals surface area contributed by atoms with E-state index in [-0.39, 0.29) is 0 Å². The molecule has 9 heteroatoms. The highest BCUT2D eigenvalue weighted by Crippen LogP contribution is 2.23. The number of ether oxygens (including phenoxy) is 2. The number of rotatable bonds is 2. The minimum absolute atomic E-state index is 0.845. The molecule has 0 saturated carbocycles. The largest absolute Gasteiger partial charge is 0.466 e. The summed E-state index contributed by atoms with van der Waals surface area (Å²) in [6.45, 7) is 0.927. The summed E-state index contributed by atoms with van der Waals surface area (Å²) in [5, 5.41) is 3.33. The molecule has 1 aliphatic rings. The number of carbonyl (C=O) groups is 4. The summed E-state index contributed by atoms with van der Waals surface area (Å²) >= 11 is 0. The maximum atomic E-state index is 14.2. The van der Waals surface area contributed by atoms with Crippen molar-refractivity contribution >= 4 is 23.9 Å². The molecule has 17 heavy (non-hydrogen) atoms. The van der Waals surface area contributed by atoms with Crippen molar-refractivity contribution in [3.63, 3.8) is 0 Å². The molecule has 0 aliphatic carbocycles. The van der Waals surface area contributed by atoms with Crippen LogP contribution in [0.25, 0.3) is 0 Å². The topological polar surface area (TPSA) is 111 Å². The van der Waals surface area contributed by atoms with Gasteiger partial charge in [0.05, 0.1) is 7.11 Å². The molecule has 0 aromatic heterocycles. The zero-order chi connectivity index (χ0) is 13.2. The van der Waals surface area contributed by atoms with Crippen LogP contribution in [-0.2, 0) is 23.9 Å². The molecule has 1 saturated heterocycles. The number of urea groups is 1. The average Bonchev–Trinajstić information content (AvgIpc) is 2.23. The lowest BCUT2D eigenvalue weighted by atomic mass is 10.0. The molecule has 1 heterocycles. The van der Waals surface area contributed by atoms with Crippen LogP contribution in [0.15, 0.2) is 0 Å². The smallest absolute Gasteiger partial charge is 0.359 e. The van der Waals surface area contributed by atoms with Crippen molar-refractivity contribution in [2.75, 3.05) is 7.11 Å². The summed E-state index contributed by atoms with van der Waals surface area (Å²) in [5.41, 5.74) is -3.31. The summed E-state index contributed by atoms with van der Waals surface area (Å²) < 4.78 is 22.6. The van der Waals surface area contributed by atoms with E-state index in [0.717, 1.165) is 14.0 Å². The molecule has 3 amide bonds. The van der Waals surface area contributed by atoms with E-state index in [1.807, 2.05) is 0 Å². The molecule has 1 fully saturated rings.